The number of benzene rings is 1. The first kappa shape index (κ1) is 15.2. The van der Waals surface area contributed by atoms with Crippen LogP contribution in [0.25, 0.3) is 0 Å². The maximum Gasteiger partial charge on any atom is 0.309 e. The lowest BCUT2D eigenvalue weighted by Crippen LogP contribution is -2.18. The molecule has 1 rings (SSSR count). The third-order valence-corrected chi connectivity index (χ3v) is 0.940. The van der Waals surface area contributed by atoms with Crippen LogP contribution in [0.15, 0.2) is 30.3 Å². The van der Waals surface area contributed by atoms with Crippen molar-refractivity contribution in [2.75, 3.05) is 0 Å². The standard InChI is InChI=1S/C7H8.2CH4N2O/c1-7-5-3-2-4-6-7;2*2-1(3)4/h2-6H,1H3;2*(H4,2,3,4). The number of carbonyl (C=O) groups excluding carboxylic acids is 2. The molecular weight excluding hydrogens is 196 g/mol. The fourth-order valence-corrected chi connectivity index (χ4v) is 0.534. The van der Waals surface area contributed by atoms with E-state index in [9.17, 15) is 0 Å². The maximum absolute atomic E-state index is 9.00. The van der Waals surface area contributed by atoms with Crippen molar-refractivity contribution in [3.8, 4) is 0 Å². The lowest BCUT2D eigenvalue weighted by molar-refractivity contribution is 0.255. The van der Waals surface area contributed by atoms with Gasteiger partial charge in [-0.3, -0.25) is 0 Å². The molecule has 0 aliphatic carbocycles. The first-order valence-electron chi connectivity index (χ1n) is 3.97. The van der Waals surface area contributed by atoms with Crippen molar-refractivity contribution in [2.45, 2.75) is 6.92 Å². The Morgan fingerprint density at radius 2 is 1.13 bits per heavy atom. The number of rotatable bonds is 0. The molecule has 0 aliphatic rings. The van der Waals surface area contributed by atoms with Gasteiger partial charge in [-0.2, -0.15) is 0 Å². The molecule has 6 heteroatoms. The van der Waals surface area contributed by atoms with Crippen LogP contribution in [-0.2, 0) is 0 Å². The number of hydrogen-bond acceptors (Lipinski definition) is 2. The average Bonchev–Trinajstić information content (AvgIpc) is 2.03. The third-order valence-electron chi connectivity index (χ3n) is 0.940. The summed E-state index contributed by atoms with van der Waals surface area (Å²) in [5, 5.41) is 0. The van der Waals surface area contributed by atoms with E-state index in [1.54, 1.807) is 0 Å². The van der Waals surface area contributed by atoms with E-state index in [0.29, 0.717) is 0 Å². The zero-order chi connectivity index (χ0) is 12.3. The molecule has 0 atom stereocenters. The summed E-state index contributed by atoms with van der Waals surface area (Å²) in [5.41, 5.74) is 18.3. The average molecular weight is 212 g/mol. The van der Waals surface area contributed by atoms with Crippen LogP contribution in [0.4, 0.5) is 9.59 Å². The Bertz CT molecular complexity index is 267. The van der Waals surface area contributed by atoms with Crippen LogP contribution in [0.5, 0.6) is 0 Å². The molecule has 0 saturated heterocycles. The van der Waals surface area contributed by atoms with Crippen molar-refractivity contribution in [3.63, 3.8) is 0 Å². The van der Waals surface area contributed by atoms with Gasteiger partial charge in [0.1, 0.15) is 0 Å². The molecule has 84 valence electrons. The monoisotopic (exact) mass is 212 g/mol. The number of aryl methyl sites for hydroxylation is 1. The molecule has 6 nitrogen and oxygen atoms in total. The molecular formula is C9H16N4O2. The van der Waals surface area contributed by atoms with Crippen LogP contribution in [0, 0.1) is 6.92 Å². The van der Waals surface area contributed by atoms with Crippen molar-refractivity contribution in [3.05, 3.63) is 35.9 Å². The molecule has 1 aromatic rings. The van der Waals surface area contributed by atoms with Crippen molar-refractivity contribution in [1.29, 1.82) is 0 Å². The number of hydrogen-bond donors (Lipinski definition) is 4. The highest BCUT2D eigenvalue weighted by molar-refractivity contribution is 5.69. The topological polar surface area (TPSA) is 138 Å². The number of urea groups is 2. The molecule has 15 heavy (non-hydrogen) atoms. The molecule has 0 aliphatic heterocycles. The quantitative estimate of drug-likeness (QED) is 0.482. The van der Waals surface area contributed by atoms with Gasteiger partial charge in [0.05, 0.1) is 0 Å². The number of carbonyl (C=O) groups is 2. The van der Waals surface area contributed by atoms with Crippen molar-refractivity contribution in [1.82, 2.24) is 0 Å². The minimum atomic E-state index is -0.833. The van der Waals surface area contributed by atoms with Crippen LogP contribution in [-0.4, -0.2) is 12.1 Å². The van der Waals surface area contributed by atoms with E-state index in [0.717, 1.165) is 0 Å². The molecule has 0 fully saturated rings. The van der Waals surface area contributed by atoms with E-state index < -0.39 is 12.1 Å². The van der Waals surface area contributed by atoms with Gasteiger partial charge in [-0.05, 0) is 6.92 Å². The zero-order valence-corrected chi connectivity index (χ0v) is 8.51. The molecule has 0 heterocycles. The van der Waals surface area contributed by atoms with Crippen LogP contribution in [0.1, 0.15) is 5.56 Å². The molecule has 1 aromatic carbocycles. The Morgan fingerprint density at radius 3 is 1.27 bits per heavy atom. The molecule has 4 amide bonds. The normalized spacial score (nSPS) is 7.27. The van der Waals surface area contributed by atoms with Gasteiger partial charge in [-0.25, -0.2) is 9.59 Å². The highest BCUT2D eigenvalue weighted by Crippen LogP contribution is 1.92. The number of nitrogens with two attached hydrogens (primary N) is 4. The van der Waals surface area contributed by atoms with Crippen LogP contribution in [0.3, 0.4) is 0 Å². The van der Waals surface area contributed by atoms with Crippen LogP contribution in [0.2, 0.25) is 0 Å². The highest BCUT2D eigenvalue weighted by atomic mass is 16.2. The molecule has 0 unspecified atom stereocenters. The van der Waals surface area contributed by atoms with Gasteiger partial charge in [0.2, 0.25) is 0 Å². The Balaban J connectivity index is 0. The van der Waals surface area contributed by atoms with Gasteiger partial charge in [0, 0.05) is 0 Å². The predicted molar refractivity (Wildman–Crippen MR) is 58.7 cm³/mol. The van der Waals surface area contributed by atoms with Crippen molar-refractivity contribution in [2.24, 2.45) is 22.9 Å². The summed E-state index contributed by atoms with van der Waals surface area (Å²) in [5.74, 6) is 0. The van der Waals surface area contributed by atoms with E-state index in [-0.39, 0.29) is 0 Å². The largest absolute Gasteiger partial charge is 0.352 e. The smallest absolute Gasteiger partial charge is 0.309 e. The molecule has 0 spiro atoms. The fraction of sp³-hybridized carbons (Fsp3) is 0.111. The minimum Gasteiger partial charge on any atom is -0.352 e. The van der Waals surface area contributed by atoms with Gasteiger partial charge in [-0.1, -0.05) is 35.9 Å². The van der Waals surface area contributed by atoms with E-state index in [1.807, 2.05) is 18.2 Å². The summed E-state index contributed by atoms with van der Waals surface area (Å²) in [6, 6.07) is 8.59. The van der Waals surface area contributed by atoms with E-state index in [4.69, 9.17) is 9.59 Å². The molecule has 0 aromatic heterocycles. The lowest BCUT2D eigenvalue weighted by atomic mass is 10.2. The summed E-state index contributed by atoms with van der Waals surface area (Å²) in [4.78, 5) is 18.0. The summed E-state index contributed by atoms with van der Waals surface area (Å²) < 4.78 is 0. The second-order valence-corrected chi connectivity index (χ2v) is 2.46. The van der Waals surface area contributed by atoms with E-state index in [1.165, 1.54) is 5.56 Å². The Labute approximate surface area is 88.2 Å². The first-order chi connectivity index (χ1) is 6.86. The Morgan fingerprint density at radius 1 is 0.867 bits per heavy atom. The minimum absolute atomic E-state index is 0.833. The van der Waals surface area contributed by atoms with Gasteiger partial charge in [0.15, 0.2) is 0 Å². The lowest BCUT2D eigenvalue weighted by Gasteiger charge is -1.82. The van der Waals surface area contributed by atoms with Crippen LogP contribution < -0.4 is 22.9 Å². The highest BCUT2D eigenvalue weighted by Gasteiger charge is 1.72. The van der Waals surface area contributed by atoms with E-state index in [2.05, 4.69) is 42.0 Å². The first-order valence-corrected chi connectivity index (χ1v) is 3.97. The summed E-state index contributed by atoms with van der Waals surface area (Å²) in [7, 11) is 0. The third kappa shape index (κ3) is 33.8. The predicted octanol–water partition coefficient (Wildman–Crippen LogP) is 0.0426. The van der Waals surface area contributed by atoms with Crippen molar-refractivity contribution < 1.29 is 9.59 Å². The van der Waals surface area contributed by atoms with E-state index >= 15 is 0 Å². The Kier molecular flexibility index (Phi) is 10.0. The Hall–Kier alpha value is -2.24. The zero-order valence-electron chi connectivity index (χ0n) is 8.51. The summed E-state index contributed by atoms with van der Waals surface area (Å²) in [6.07, 6.45) is 0. The SMILES string of the molecule is Cc1ccccc1.NC(N)=O.NC(N)=O. The van der Waals surface area contributed by atoms with Crippen molar-refractivity contribution >= 4 is 12.1 Å². The molecule has 8 N–H and O–H groups in total. The van der Waals surface area contributed by atoms with Gasteiger partial charge >= 0.3 is 12.1 Å². The van der Waals surface area contributed by atoms with Gasteiger partial charge in [-0.15, -0.1) is 0 Å². The molecule has 0 saturated carbocycles. The van der Waals surface area contributed by atoms with Gasteiger partial charge < -0.3 is 22.9 Å². The number of primary amides is 4. The molecule has 0 radical (unpaired) electrons. The summed E-state index contributed by atoms with van der Waals surface area (Å²) in [6.45, 7) is 2.08. The fourth-order valence-electron chi connectivity index (χ4n) is 0.534. The van der Waals surface area contributed by atoms with Gasteiger partial charge in [0.25, 0.3) is 0 Å². The second-order valence-electron chi connectivity index (χ2n) is 2.46. The molecule has 0 bridgehead atoms. The summed E-state index contributed by atoms with van der Waals surface area (Å²) >= 11 is 0. The van der Waals surface area contributed by atoms with Crippen LogP contribution >= 0.6 is 0 Å². The number of amides is 4. The maximum atomic E-state index is 9.00. The second kappa shape index (κ2) is 9.85.